The van der Waals surface area contributed by atoms with Crippen molar-refractivity contribution in [2.45, 2.75) is 6.04 Å². The smallest absolute Gasteiger partial charge is 0.321 e. The molecule has 0 unspecified atom stereocenters. The van der Waals surface area contributed by atoms with E-state index in [4.69, 9.17) is 15.6 Å². The fraction of sp³-hybridized carbons (Fsp3) is 0.667. The lowest BCUT2D eigenvalue weighted by Crippen LogP contribution is -2.31. The zero-order valence-electron chi connectivity index (χ0n) is 5.11. The Bertz CT molecular complexity index is 81.5. The van der Waals surface area contributed by atoms with Gasteiger partial charge < -0.3 is 15.6 Å². The van der Waals surface area contributed by atoms with Crippen molar-refractivity contribution in [3.63, 3.8) is 0 Å². The second-order valence-electron chi connectivity index (χ2n) is 1.13. The summed E-state index contributed by atoms with van der Waals surface area (Å²) in [5.74, 6) is -0.815. The molecule has 0 aliphatic carbocycles. The van der Waals surface area contributed by atoms with Crippen LogP contribution in [0.3, 0.4) is 0 Å². The normalized spacial score (nSPS) is 11.4. The Hall–Kier alpha value is -0.0431. The fourth-order valence-electron chi connectivity index (χ4n) is 0.0781. The molecule has 0 heterocycles. The fourth-order valence-corrected chi connectivity index (χ4v) is 0.234. The van der Waals surface area contributed by atoms with Crippen LogP contribution >= 0.6 is 12.6 Å². The maximum absolute atomic E-state index is 9.76. The lowest BCUT2D eigenvalue weighted by atomic mass is 10.4. The number of carboxylic acids is 1. The summed E-state index contributed by atoms with van der Waals surface area (Å²) < 4.78 is 0. The van der Waals surface area contributed by atoms with Crippen molar-refractivity contribution < 1.29 is 14.7 Å². The van der Waals surface area contributed by atoms with Crippen LogP contribution < -0.4 is 5.73 Å². The number of nitrogens with two attached hydrogens (primary N) is 1. The van der Waals surface area contributed by atoms with Gasteiger partial charge in [-0.3, -0.25) is 4.79 Å². The number of carbonyl (C=O) groups is 1. The van der Waals surface area contributed by atoms with Gasteiger partial charge in [0.15, 0.2) is 0 Å². The molecule has 0 aromatic carbocycles. The van der Waals surface area contributed by atoms with Crippen molar-refractivity contribution >= 4 is 29.1 Å². The molecule has 0 amide bonds. The number of aliphatic carboxylic acids is 1. The van der Waals surface area contributed by atoms with E-state index in [-0.39, 0.29) is 5.75 Å². The predicted molar refractivity (Wildman–Crippen MR) is 41.6 cm³/mol. The number of carboxylic acid groups (broad SMARTS) is 1. The molecule has 0 aromatic heterocycles. The molecule has 4 N–H and O–H groups in total. The molecule has 4 nitrogen and oxygen atoms in total. The maximum Gasteiger partial charge on any atom is 0.321 e. The molecule has 0 saturated carbocycles. The second kappa shape index (κ2) is 7.96. The van der Waals surface area contributed by atoms with Crippen molar-refractivity contribution in [1.29, 1.82) is 0 Å². The van der Waals surface area contributed by atoms with Crippen LogP contribution in [0.1, 0.15) is 0 Å². The van der Waals surface area contributed by atoms with Crippen LogP contribution in [0.15, 0.2) is 0 Å². The first kappa shape index (κ1) is 11.7. The van der Waals surface area contributed by atoms with E-state index in [0.29, 0.717) is 10.5 Å². The van der Waals surface area contributed by atoms with E-state index in [2.05, 4.69) is 12.6 Å². The third-order valence-electron chi connectivity index (χ3n) is 0.514. The highest BCUT2D eigenvalue weighted by molar-refractivity contribution is 7.80. The monoisotopic (exact) mass is 169 g/mol. The van der Waals surface area contributed by atoms with Gasteiger partial charge in [-0.25, -0.2) is 0 Å². The quantitative estimate of drug-likeness (QED) is 0.274. The Morgan fingerprint density at radius 1 is 1.78 bits per heavy atom. The molecule has 0 spiro atoms. The van der Waals surface area contributed by atoms with E-state index in [9.17, 15) is 4.79 Å². The molecule has 56 valence electrons. The second-order valence-corrected chi connectivity index (χ2v) is 1.49. The Morgan fingerprint density at radius 2 is 2.11 bits per heavy atom. The first-order chi connectivity index (χ1) is 4.18. The highest BCUT2D eigenvalue weighted by atomic mass is 32.1. The first-order valence-corrected chi connectivity index (χ1v) is 3.75. The van der Waals surface area contributed by atoms with Crippen LogP contribution in [0.5, 0.6) is 0 Å². The number of hydrogen-bond acceptors (Lipinski definition) is 4. The van der Waals surface area contributed by atoms with Gasteiger partial charge in [0.05, 0.1) is 0 Å². The summed E-state index contributed by atoms with van der Waals surface area (Å²) in [6, 6.07) is -0.816. The molecule has 6 heteroatoms. The molecule has 0 aromatic rings. The van der Waals surface area contributed by atoms with Gasteiger partial charge in [-0.1, -0.05) is 0 Å². The minimum atomic E-state index is -1.00. The molecule has 0 saturated heterocycles. The lowest BCUT2D eigenvalue weighted by molar-refractivity contribution is -0.137. The van der Waals surface area contributed by atoms with Crippen molar-refractivity contribution in [3.05, 3.63) is 0 Å². The number of thiol groups is 1. The number of hydrogen-bond donors (Lipinski definition) is 4. The predicted octanol–water partition coefficient (Wildman–Crippen LogP) is -2.41. The maximum atomic E-state index is 9.76. The van der Waals surface area contributed by atoms with E-state index in [1.165, 1.54) is 0 Å². The van der Waals surface area contributed by atoms with E-state index >= 15 is 0 Å². The van der Waals surface area contributed by atoms with Gasteiger partial charge in [-0.05, 0) is 0 Å². The zero-order valence-corrected chi connectivity index (χ0v) is 8.01. The Labute approximate surface area is 62.0 Å². The first-order valence-electron chi connectivity index (χ1n) is 2.22. The summed E-state index contributed by atoms with van der Waals surface area (Å²) in [5, 5.41) is 8.01. The largest absolute Gasteiger partial charge is 0.480 e. The van der Waals surface area contributed by atoms with Crippen LogP contribution in [0.4, 0.5) is 0 Å². The van der Waals surface area contributed by atoms with Gasteiger partial charge in [0, 0.05) is 5.75 Å². The average Bonchev–Trinajstić information content (AvgIpc) is 1.91. The van der Waals surface area contributed by atoms with Crippen LogP contribution in [-0.2, 0) is 4.79 Å². The molecule has 0 aliphatic rings. The van der Waals surface area contributed by atoms with Crippen LogP contribution in [0.25, 0.3) is 0 Å². The Morgan fingerprint density at radius 3 is 2.11 bits per heavy atom. The van der Waals surface area contributed by atoms with Gasteiger partial charge in [0.2, 0.25) is 0 Å². The summed E-state index contributed by atoms with van der Waals surface area (Å²) in [7, 11) is 0.306. The van der Waals surface area contributed by atoms with Gasteiger partial charge >= 0.3 is 5.97 Å². The van der Waals surface area contributed by atoms with Crippen molar-refractivity contribution in [2.24, 2.45) is 5.73 Å². The minimum absolute atomic E-state index is 0.190. The highest BCUT2D eigenvalue weighted by Crippen LogP contribution is 1.80. The van der Waals surface area contributed by atoms with E-state index < -0.39 is 12.0 Å². The molecule has 0 fully saturated rings. The van der Waals surface area contributed by atoms with Gasteiger partial charge in [0.25, 0.3) is 0 Å². The Kier molecular flexibility index (Phi) is 10.4. The van der Waals surface area contributed by atoms with Crippen LogP contribution in [0, 0.1) is 0 Å². The Balaban J connectivity index is 0. The van der Waals surface area contributed by atoms with Gasteiger partial charge in [0.1, 0.15) is 16.5 Å². The van der Waals surface area contributed by atoms with Gasteiger partial charge in [-0.15, -0.1) is 0 Å². The summed E-state index contributed by atoms with van der Waals surface area (Å²) in [4.78, 5) is 16.9. The molecule has 0 aliphatic heterocycles. The molecule has 0 radical (unpaired) electrons. The molecular formula is C3H11NO3SSi. The number of rotatable bonds is 2. The highest BCUT2D eigenvalue weighted by Gasteiger charge is 2.06. The van der Waals surface area contributed by atoms with E-state index in [1.54, 1.807) is 0 Å². The molecule has 1 atom stereocenters. The molecule has 9 heavy (non-hydrogen) atoms. The summed E-state index contributed by atoms with van der Waals surface area (Å²) in [5.41, 5.74) is 4.94. The van der Waals surface area contributed by atoms with Crippen LogP contribution in [-0.4, -0.2) is 38.2 Å². The van der Waals surface area contributed by atoms with Crippen molar-refractivity contribution in [2.75, 3.05) is 5.75 Å². The third kappa shape index (κ3) is 7.96. The topological polar surface area (TPSA) is 83.6 Å². The van der Waals surface area contributed by atoms with E-state index in [0.717, 1.165) is 0 Å². The average molecular weight is 169 g/mol. The van der Waals surface area contributed by atoms with Crippen molar-refractivity contribution in [1.82, 2.24) is 0 Å². The lowest BCUT2D eigenvalue weighted by Gasteiger charge is -1.96. The zero-order chi connectivity index (χ0) is 7.86. The SMILES string of the molecule is N[C@@H](CS)C(=O)O.O[SiH3]. The summed E-state index contributed by atoms with van der Waals surface area (Å²) in [6.07, 6.45) is 0. The van der Waals surface area contributed by atoms with Gasteiger partial charge in [-0.2, -0.15) is 12.6 Å². The molecule has 0 bridgehead atoms. The van der Waals surface area contributed by atoms with Crippen LogP contribution in [0.2, 0.25) is 0 Å². The van der Waals surface area contributed by atoms with Crippen molar-refractivity contribution in [3.8, 4) is 0 Å². The third-order valence-corrected chi connectivity index (χ3v) is 0.907. The molecule has 0 rings (SSSR count). The molecular weight excluding hydrogens is 158 g/mol. The van der Waals surface area contributed by atoms with E-state index in [1.807, 2.05) is 0 Å². The standard InChI is InChI=1S/C3H7NO2S.H4OSi/c4-2(1-7)3(5)6;1-2/h2,7H,1,4H2,(H,5,6);1H,2H3/t2-;/m0./s1. The minimum Gasteiger partial charge on any atom is -0.480 e. The summed E-state index contributed by atoms with van der Waals surface area (Å²) in [6.45, 7) is 0. The summed E-state index contributed by atoms with van der Waals surface area (Å²) >= 11 is 3.65.